The number of allylic oxidation sites excluding steroid dienone is 1. The molecule has 3 aliphatic carbocycles. The van der Waals surface area contributed by atoms with Gasteiger partial charge < -0.3 is 35.1 Å². The third kappa shape index (κ3) is 4.54. The maximum Gasteiger partial charge on any atom is 0.302 e. The van der Waals surface area contributed by atoms with Crippen LogP contribution in [0.3, 0.4) is 0 Å². The second kappa shape index (κ2) is 11.0. The third-order valence-corrected chi connectivity index (χ3v) is 9.16. The lowest BCUT2D eigenvalue weighted by atomic mass is 9.58. The van der Waals surface area contributed by atoms with Gasteiger partial charge in [0.05, 0.1) is 18.2 Å². The zero-order valence-corrected chi connectivity index (χ0v) is 25.5. The van der Waals surface area contributed by atoms with E-state index in [-0.39, 0.29) is 36.3 Å². The quantitative estimate of drug-likeness (QED) is 0.200. The molecule has 0 spiro atoms. The van der Waals surface area contributed by atoms with Crippen LogP contribution >= 0.6 is 0 Å². The van der Waals surface area contributed by atoms with Gasteiger partial charge in [-0.3, -0.25) is 19.3 Å². The Bertz CT molecular complexity index is 1650. The summed E-state index contributed by atoms with van der Waals surface area (Å²) in [6, 6.07) is 2.61. The van der Waals surface area contributed by atoms with E-state index in [1.807, 2.05) is 38.9 Å². The van der Waals surface area contributed by atoms with Gasteiger partial charge in [-0.2, -0.15) is 0 Å². The number of aliphatic hydroxyl groups excluding tert-OH is 2. The van der Waals surface area contributed by atoms with E-state index in [0.717, 1.165) is 11.3 Å². The van der Waals surface area contributed by atoms with Crippen LogP contribution in [0.2, 0.25) is 0 Å². The molecule has 0 fully saturated rings. The molecule has 3 aliphatic rings. The number of carbonyl (C=O) groups excluding carboxylic acids is 3. The maximum atomic E-state index is 14.2. The number of fused-ring (bicyclic) bond motifs is 3. The Morgan fingerprint density at radius 2 is 1.82 bits per heavy atom. The number of likely N-dealkylation sites (N-methyl/N-ethyl adjacent to an activating group) is 1. The van der Waals surface area contributed by atoms with Crippen molar-refractivity contribution in [2.24, 2.45) is 17.0 Å². The summed E-state index contributed by atoms with van der Waals surface area (Å²) < 4.78 is 5.71. The number of hydrogen-bond acceptors (Lipinski definition) is 12. The van der Waals surface area contributed by atoms with E-state index in [2.05, 4.69) is 10.4 Å². The lowest BCUT2D eigenvalue weighted by Crippen LogP contribution is -2.63. The number of aliphatic hydroxyl groups is 3. The minimum atomic E-state index is -2.74. The number of phenols is 1. The molecule has 1 amide bonds. The van der Waals surface area contributed by atoms with Gasteiger partial charge in [-0.25, -0.2) is 5.53 Å². The van der Waals surface area contributed by atoms with Crippen molar-refractivity contribution in [2.45, 2.75) is 51.4 Å². The van der Waals surface area contributed by atoms with Gasteiger partial charge in [-0.05, 0) is 70.0 Å². The van der Waals surface area contributed by atoms with E-state index in [9.17, 15) is 34.8 Å². The van der Waals surface area contributed by atoms with Crippen LogP contribution < -0.4 is 10.2 Å². The molecule has 44 heavy (non-hydrogen) atoms. The molecule has 1 heterocycles. The first kappa shape index (κ1) is 31.1. The van der Waals surface area contributed by atoms with Crippen molar-refractivity contribution in [3.05, 3.63) is 68.6 Å². The molecule has 5 rings (SSSR count). The van der Waals surface area contributed by atoms with Crippen LogP contribution in [0, 0.1) is 31.2 Å². The standard InChI is InChI=1S/C31H37N5O8/c1-13-7-17(44-14(13)2)12-33-11-16-10-20(35(3)4)18-8-15-9-19-24(36(5)6)27(39)23(30(42)34-32)29(41)31(19,43)28(40)21(15)26(38)22(18)25(16)37/h7,10,15,19,24,32-33,37,39-40,43H,8-9,11-12H2,1-6H3/t15-,19-,24-,31-/m0/s1. The van der Waals surface area contributed by atoms with Gasteiger partial charge in [-0.1, -0.05) is 0 Å². The molecule has 234 valence electrons. The summed E-state index contributed by atoms with van der Waals surface area (Å²) in [7, 11) is 6.76. The topological polar surface area (TPSA) is 200 Å². The Labute approximate surface area is 254 Å². The number of hydrogen-bond donors (Lipinski definition) is 6. The molecule has 1 aromatic carbocycles. The van der Waals surface area contributed by atoms with Gasteiger partial charge in [0.1, 0.15) is 34.4 Å². The monoisotopic (exact) mass is 607 g/mol. The Morgan fingerprint density at radius 1 is 1.14 bits per heavy atom. The van der Waals surface area contributed by atoms with E-state index >= 15 is 0 Å². The van der Waals surface area contributed by atoms with Crippen LogP contribution in [0.15, 0.2) is 44.3 Å². The van der Waals surface area contributed by atoms with Gasteiger partial charge in [0.15, 0.2) is 11.4 Å². The van der Waals surface area contributed by atoms with Crippen molar-refractivity contribution in [2.75, 3.05) is 33.1 Å². The first-order valence-corrected chi connectivity index (χ1v) is 14.2. The average Bonchev–Trinajstić information content (AvgIpc) is 3.27. The summed E-state index contributed by atoms with van der Waals surface area (Å²) in [6.07, 6.45) is 0.192. The van der Waals surface area contributed by atoms with Gasteiger partial charge in [0.2, 0.25) is 5.78 Å². The number of carbonyl (C=O) groups is 3. The minimum Gasteiger partial charge on any atom is -0.510 e. The number of furan rings is 1. The molecule has 13 heteroatoms. The number of rotatable bonds is 7. The Hall–Kier alpha value is -4.33. The summed E-state index contributed by atoms with van der Waals surface area (Å²) >= 11 is 0. The highest BCUT2D eigenvalue weighted by Gasteiger charge is 2.63. The number of Topliss-reactive ketones (excluding diaryl/α,β-unsaturated/α-hetero) is 2. The summed E-state index contributed by atoms with van der Waals surface area (Å²) in [5.41, 5.74) is 5.87. The summed E-state index contributed by atoms with van der Waals surface area (Å²) in [5.74, 6) is -5.60. The number of amides is 1. The van der Waals surface area contributed by atoms with Crippen LogP contribution in [0.25, 0.3) is 0 Å². The Morgan fingerprint density at radius 3 is 2.39 bits per heavy atom. The first-order valence-electron chi connectivity index (χ1n) is 14.2. The van der Waals surface area contributed by atoms with Gasteiger partial charge >= 0.3 is 5.91 Å². The molecule has 2 aromatic rings. The average molecular weight is 608 g/mol. The molecular formula is C31H37N5O8. The fourth-order valence-corrected chi connectivity index (χ4v) is 6.97. The first-order chi connectivity index (χ1) is 20.6. The Kier molecular flexibility index (Phi) is 7.77. The highest BCUT2D eigenvalue weighted by Crippen LogP contribution is 2.53. The smallest absolute Gasteiger partial charge is 0.302 e. The number of nitrogens with zero attached hydrogens (tertiary/aromatic N) is 3. The largest absolute Gasteiger partial charge is 0.510 e. The highest BCUT2D eigenvalue weighted by atomic mass is 16.4. The van der Waals surface area contributed by atoms with E-state index < -0.39 is 58.0 Å². The number of aromatic hydroxyl groups is 1. The normalized spacial score (nSPS) is 24.8. The summed E-state index contributed by atoms with van der Waals surface area (Å²) in [6.45, 7) is 4.37. The van der Waals surface area contributed by atoms with Crippen LogP contribution in [0.1, 0.15) is 45.0 Å². The molecule has 1 aromatic heterocycles. The molecule has 0 bridgehead atoms. The molecule has 0 unspecified atom stereocenters. The van der Waals surface area contributed by atoms with Gasteiger partial charge in [0.25, 0.3) is 0 Å². The number of aryl methyl sites for hydroxylation is 2. The molecule has 4 atom stereocenters. The second-order valence-electron chi connectivity index (χ2n) is 12.2. The van der Waals surface area contributed by atoms with E-state index in [1.165, 1.54) is 4.90 Å². The number of ketones is 2. The van der Waals surface area contributed by atoms with Crippen LogP contribution in [0.4, 0.5) is 5.69 Å². The lowest BCUT2D eigenvalue weighted by Gasteiger charge is -2.50. The van der Waals surface area contributed by atoms with Crippen molar-refractivity contribution in [1.29, 1.82) is 5.53 Å². The van der Waals surface area contributed by atoms with E-state index in [1.54, 1.807) is 20.2 Å². The molecule has 0 aliphatic heterocycles. The summed E-state index contributed by atoms with van der Waals surface area (Å²) in [4.78, 5) is 43.5. The molecule has 13 nitrogen and oxygen atoms in total. The number of anilines is 1. The Balaban J connectivity index is 1.60. The molecule has 0 radical (unpaired) electrons. The van der Waals surface area contributed by atoms with Gasteiger partial charge in [-0.15, -0.1) is 5.11 Å². The number of phenolic OH excluding ortho intramolecular Hbond substituents is 1. The molecule has 6 N–H and O–H groups in total. The van der Waals surface area contributed by atoms with E-state index in [0.29, 0.717) is 29.1 Å². The lowest BCUT2D eigenvalue weighted by molar-refractivity contribution is -0.148. The van der Waals surface area contributed by atoms with Crippen molar-refractivity contribution in [3.8, 4) is 5.75 Å². The fraction of sp³-hybridized carbons (Fsp3) is 0.452. The van der Waals surface area contributed by atoms with Gasteiger partial charge in [0, 0.05) is 43.4 Å². The zero-order chi connectivity index (χ0) is 32.4. The fourth-order valence-electron chi connectivity index (χ4n) is 6.97. The molecular weight excluding hydrogens is 570 g/mol. The van der Waals surface area contributed by atoms with Crippen LogP contribution in [-0.2, 0) is 29.1 Å². The van der Waals surface area contributed by atoms with Crippen LogP contribution in [0.5, 0.6) is 5.75 Å². The molecule has 0 saturated heterocycles. The zero-order valence-electron chi connectivity index (χ0n) is 25.5. The minimum absolute atomic E-state index is 0.00186. The van der Waals surface area contributed by atoms with Crippen molar-refractivity contribution in [3.63, 3.8) is 0 Å². The molecule has 0 saturated carbocycles. The van der Waals surface area contributed by atoms with Crippen molar-refractivity contribution in [1.82, 2.24) is 10.2 Å². The third-order valence-electron chi connectivity index (χ3n) is 9.16. The number of nitrogens with one attached hydrogen (secondary N) is 2. The van der Waals surface area contributed by atoms with Crippen molar-refractivity contribution < 1.29 is 39.2 Å². The number of benzene rings is 1. The SMILES string of the molecule is Cc1cc(CNCc2cc(N(C)C)c3c(c2O)C(=O)C2=C(O)[C@]4(O)C(=O)C(C(=O)N=N)=C(O)[C@@H](N(C)C)[C@@H]4C[C@@H]2C3)oc1C. The predicted octanol–water partition coefficient (Wildman–Crippen LogP) is 2.76. The van der Waals surface area contributed by atoms with Crippen molar-refractivity contribution >= 4 is 23.2 Å². The maximum absolute atomic E-state index is 14.2. The predicted molar refractivity (Wildman–Crippen MR) is 158 cm³/mol. The highest BCUT2D eigenvalue weighted by molar-refractivity contribution is 6.25. The second-order valence-corrected chi connectivity index (χ2v) is 12.2. The summed E-state index contributed by atoms with van der Waals surface area (Å²) in [5, 5.41) is 51.8. The van der Waals surface area contributed by atoms with Crippen LogP contribution in [-0.4, -0.2) is 82.6 Å². The van der Waals surface area contributed by atoms with E-state index in [4.69, 9.17) is 9.95 Å².